The van der Waals surface area contributed by atoms with Crippen LogP contribution >= 0.6 is 0 Å². The minimum Gasteiger partial charge on any atom is -0.480 e. The Balaban J connectivity index is 3.97. The molecular formula is C13H28N2O2. The van der Waals surface area contributed by atoms with Crippen molar-refractivity contribution in [3.05, 3.63) is 0 Å². The second-order valence-corrected chi connectivity index (χ2v) is 4.78. The molecule has 0 aliphatic heterocycles. The van der Waals surface area contributed by atoms with Crippen molar-refractivity contribution >= 4 is 5.97 Å². The standard InChI is InChI=1S/C13H28N2O2/c1-5-7-10-15(6-2)11-8-9-13(3,14-4)12(16)17/h14H,5-11H2,1-4H3,(H,16,17). The van der Waals surface area contributed by atoms with Crippen LogP contribution in [0, 0.1) is 0 Å². The van der Waals surface area contributed by atoms with Gasteiger partial charge in [0.1, 0.15) is 5.54 Å². The SMILES string of the molecule is CCCCN(CC)CCCC(C)(NC)C(=O)O. The highest BCUT2D eigenvalue weighted by molar-refractivity contribution is 5.78. The van der Waals surface area contributed by atoms with E-state index in [0.717, 1.165) is 26.1 Å². The van der Waals surface area contributed by atoms with E-state index in [1.165, 1.54) is 12.8 Å². The third-order valence-corrected chi connectivity index (χ3v) is 3.45. The van der Waals surface area contributed by atoms with E-state index in [9.17, 15) is 4.79 Å². The summed E-state index contributed by atoms with van der Waals surface area (Å²) in [5.41, 5.74) is -0.788. The molecule has 0 saturated carbocycles. The van der Waals surface area contributed by atoms with Gasteiger partial charge in [-0.25, -0.2) is 0 Å². The van der Waals surface area contributed by atoms with Gasteiger partial charge in [-0.05, 0) is 52.9 Å². The molecule has 0 saturated heterocycles. The smallest absolute Gasteiger partial charge is 0.323 e. The Morgan fingerprint density at radius 3 is 2.29 bits per heavy atom. The van der Waals surface area contributed by atoms with E-state index in [2.05, 4.69) is 24.1 Å². The highest BCUT2D eigenvalue weighted by Crippen LogP contribution is 2.12. The second kappa shape index (κ2) is 8.48. The minimum absolute atomic E-state index is 0.668. The van der Waals surface area contributed by atoms with Crippen LogP contribution in [0.3, 0.4) is 0 Å². The van der Waals surface area contributed by atoms with Crippen molar-refractivity contribution in [1.82, 2.24) is 10.2 Å². The first kappa shape index (κ1) is 16.4. The summed E-state index contributed by atoms with van der Waals surface area (Å²) < 4.78 is 0. The summed E-state index contributed by atoms with van der Waals surface area (Å²) in [7, 11) is 1.71. The van der Waals surface area contributed by atoms with Gasteiger partial charge < -0.3 is 15.3 Å². The average molecular weight is 244 g/mol. The van der Waals surface area contributed by atoms with Crippen LogP contribution < -0.4 is 5.32 Å². The molecule has 0 aromatic carbocycles. The molecule has 0 aromatic heterocycles. The van der Waals surface area contributed by atoms with Crippen LogP contribution in [0.2, 0.25) is 0 Å². The van der Waals surface area contributed by atoms with Crippen molar-refractivity contribution < 1.29 is 9.90 Å². The Morgan fingerprint density at radius 2 is 1.88 bits per heavy atom. The molecule has 0 radical (unpaired) electrons. The maximum absolute atomic E-state index is 11.1. The highest BCUT2D eigenvalue weighted by Gasteiger charge is 2.30. The van der Waals surface area contributed by atoms with Gasteiger partial charge in [0.05, 0.1) is 0 Å². The number of nitrogens with one attached hydrogen (secondary N) is 1. The maximum atomic E-state index is 11.1. The van der Waals surface area contributed by atoms with E-state index >= 15 is 0 Å². The fourth-order valence-electron chi connectivity index (χ4n) is 1.80. The first-order valence-corrected chi connectivity index (χ1v) is 6.64. The lowest BCUT2D eigenvalue weighted by Gasteiger charge is -2.26. The van der Waals surface area contributed by atoms with Gasteiger partial charge in [-0.3, -0.25) is 4.79 Å². The first-order valence-electron chi connectivity index (χ1n) is 6.64. The number of carboxylic acid groups (broad SMARTS) is 1. The molecule has 0 rings (SSSR count). The van der Waals surface area contributed by atoms with Crippen molar-refractivity contribution in [2.45, 2.75) is 52.0 Å². The Kier molecular flexibility index (Phi) is 8.17. The number of carboxylic acids is 1. The summed E-state index contributed by atoms with van der Waals surface area (Å²) >= 11 is 0. The molecule has 0 aliphatic carbocycles. The Bertz CT molecular complexity index is 221. The van der Waals surface area contributed by atoms with Gasteiger partial charge in [0.2, 0.25) is 0 Å². The number of hydrogen-bond acceptors (Lipinski definition) is 3. The predicted molar refractivity (Wildman–Crippen MR) is 71.4 cm³/mol. The maximum Gasteiger partial charge on any atom is 0.323 e. The Morgan fingerprint density at radius 1 is 1.29 bits per heavy atom. The summed E-state index contributed by atoms with van der Waals surface area (Å²) in [6, 6.07) is 0. The van der Waals surface area contributed by atoms with Gasteiger partial charge in [-0.1, -0.05) is 20.3 Å². The number of carbonyl (C=O) groups is 1. The number of nitrogens with zero attached hydrogens (tertiary/aromatic N) is 1. The summed E-state index contributed by atoms with van der Waals surface area (Å²) in [6.45, 7) is 9.25. The van der Waals surface area contributed by atoms with Crippen LogP contribution in [-0.4, -0.2) is 48.2 Å². The van der Waals surface area contributed by atoms with E-state index in [1.54, 1.807) is 14.0 Å². The fourth-order valence-corrected chi connectivity index (χ4v) is 1.80. The third-order valence-electron chi connectivity index (χ3n) is 3.45. The minimum atomic E-state index is -0.788. The van der Waals surface area contributed by atoms with E-state index < -0.39 is 11.5 Å². The highest BCUT2D eigenvalue weighted by atomic mass is 16.4. The zero-order valence-electron chi connectivity index (χ0n) is 11.8. The molecule has 1 atom stereocenters. The number of rotatable bonds is 10. The number of likely N-dealkylation sites (N-methyl/N-ethyl adjacent to an activating group) is 1. The quantitative estimate of drug-likeness (QED) is 0.617. The summed E-state index contributed by atoms with van der Waals surface area (Å²) in [5, 5.41) is 12.0. The van der Waals surface area contributed by atoms with E-state index in [0.29, 0.717) is 6.42 Å². The van der Waals surface area contributed by atoms with E-state index in [4.69, 9.17) is 5.11 Å². The molecule has 0 fully saturated rings. The Labute approximate surface area is 105 Å². The molecule has 0 heterocycles. The van der Waals surface area contributed by atoms with E-state index in [-0.39, 0.29) is 0 Å². The Hall–Kier alpha value is -0.610. The molecule has 102 valence electrons. The molecule has 4 heteroatoms. The topological polar surface area (TPSA) is 52.6 Å². The van der Waals surface area contributed by atoms with Gasteiger partial charge in [-0.2, -0.15) is 0 Å². The summed E-state index contributed by atoms with van der Waals surface area (Å²) in [4.78, 5) is 13.5. The zero-order chi connectivity index (χ0) is 13.3. The van der Waals surface area contributed by atoms with Crippen molar-refractivity contribution in [2.75, 3.05) is 26.7 Å². The van der Waals surface area contributed by atoms with Gasteiger partial charge in [0, 0.05) is 0 Å². The van der Waals surface area contributed by atoms with Crippen LogP contribution in [0.4, 0.5) is 0 Å². The molecule has 0 aromatic rings. The normalized spacial score (nSPS) is 14.9. The largest absolute Gasteiger partial charge is 0.480 e. The van der Waals surface area contributed by atoms with Crippen molar-refractivity contribution in [2.24, 2.45) is 0 Å². The molecule has 4 nitrogen and oxygen atoms in total. The number of unbranched alkanes of at least 4 members (excludes halogenated alkanes) is 1. The average Bonchev–Trinajstić information content (AvgIpc) is 2.32. The van der Waals surface area contributed by atoms with Crippen LogP contribution in [0.25, 0.3) is 0 Å². The fraction of sp³-hybridized carbons (Fsp3) is 0.923. The molecular weight excluding hydrogens is 216 g/mol. The van der Waals surface area contributed by atoms with Gasteiger partial charge >= 0.3 is 5.97 Å². The van der Waals surface area contributed by atoms with Crippen LogP contribution in [0.5, 0.6) is 0 Å². The van der Waals surface area contributed by atoms with Crippen molar-refractivity contribution in [1.29, 1.82) is 0 Å². The number of hydrogen-bond donors (Lipinski definition) is 2. The zero-order valence-corrected chi connectivity index (χ0v) is 11.8. The third kappa shape index (κ3) is 6.03. The molecule has 0 aliphatic rings. The number of aliphatic carboxylic acids is 1. The lowest BCUT2D eigenvalue weighted by atomic mass is 9.96. The lowest BCUT2D eigenvalue weighted by Crippen LogP contribution is -2.47. The molecule has 17 heavy (non-hydrogen) atoms. The summed E-state index contributed by atoms with van der Waals surface area (Å²) in [5.74, 6) is -0.767. The van der Waals surface area contributed by atoms with Crippen molar-refractivity contribution in [3.63, 3.8) is 0 Å². The first-order chi connectivity index (χ1) is 8.00. The lowest BCUT2D eigenvalue weighted by molar-refractivity contribution is -0.144. The monoisotopic (exact) mass is 244 g/mol. The van der Waals surface area contributed by atoms with Crippen LogP contribution in [0.15, 0.2) is 0 Å². The van der Waals surface area contributed by atoms with Crippen LogP contribution in [0.1, 0.15) is 46.5 Å². The van der Waals surface area contributed by atoms with Gasteiger partial charge in [0.25, 0.3) is 0 Å². The molecule has 1 unspecified atom stereocenters. The van der Waals surface area contributed by atoms with Gasteiger partial charge in [0.15, 0.2) is 0 Å². The molecule has 0 spiro atoms. The second-order valence-electron chi connectivity index (χ2n) is 4.78. The van der Waals surface area contributed by atoms with Crippen LogP contribution in [-0.2, 0) is 4.79 Å². The molecule has 0 bridgehead atoms. The molecule has 2 N–H and O–H groups in total. The van der Waals surface area contributed by atoms with E-state index in [1.807, 2.05) is 0 Å². The van der Waals surface area contributed by atoms with Crippen molar-refractivity contribution in [3.8, 4) is 0 Å². The summed E-state index contributed by atoms with van der Waals surface area (Å²) in [6.07, 6.45) is 4.01. The molecule has 0 amide bonds. The predicted octanol–water partition coefficient (Wildman–Crippen LogP) is 1.95. The van der Waals surface area contributed by atoms with Gasteiger partial charge in [-0.15, -0.1) is 0 Å².